The molecule has 1 aromatic rings. The van der Waals surface area contributed by atoms with Gasteiger partial charge in [0.15, 0.2) is 17.4 Å². The fourth-order valence-electron chi connectivity index (χ4n) is 3.00. The molecule has 0 spiro atoms. The molecule has 1 saturated heterocycles. The molecule has 20 heavy (non-hydrogen) atoms. The van der Waals surface area contributed by atoms with Crippen molar-refractivity contribution >= 4 is 0 Å². The summed E-state index contributed by atoms with van der Waals surface area (Å²) in [5, 5.41) is 30.1. The number of hydrogen-bond donors (Lipinski definition) is 4. The molecule has 3 rings (SSSR count). The number of aromatic amines is 1. The summed E-state index contributed by atoms with van der Waals surface area (Å²) in [7, 11) is 1.29. The van der Waals surface area contributed by atoms with Crippen LogP contribution in [0.3, 0.4) is 0 Å². The van der Waals surface area contributed by atoms with Crippen molar-refractivity contribution in [3.05, 3.63) is 33.1 Å². The van der Waals surface area contributed by atoms with Crippen LogP contribution in [0.1, 0.15) is 6.23 Å². The average molecular weight is 286 g/mol. The number of aliphatic hydroxyl groups excluding tert-OH is 1. The molecule has 0 amide bonds. The number of nitrogens with zero attached hydrogens (tertiary/aromatic N) is 1. The Morgan fingerprint density at radius 2 is 2.15 bits per heavy atom. The molecule has 0 aromatic carbocycles. The molecule has 1 aromatic heterocycles. The quantitative estimate of drug-likeness (QED) is 0.463. The number of H-pyrrole nitrogens is 1. The summed E-state index contributed by atoms with van der Waals surface area (Å²) in [5.74, 6) is 0. The van der Waals surface area contributed by atoms with Gasteiger partial charge in [-0.05, 0) is 0 Å². The highest BCUT2D eigenvalue weighted by Gasteiger charge is 2.89. The average Bonchev–Trinajstić information content (AvgIpc) is 2.79. The predicted molar refractivity (Wildman–Crippen MR) is 63.0 cm³/mol. The van der Waals surface area contributed by atoms with Crippen molar-refractivity contribution in [3.63, 3.8) is 0 Å². The van der Waals surface area contributed by atoms with Crippen molar-refractivity contribution in [1.82, 2.24) is 9.55 Å². The molecule has 2 heterocycles. The lowest BCUT2D eigenvalue weighted by molar-refractivity contribution is -0.132. The number of fused-ring (bicyclic) bond motifs is 1. The summed E-state index contributed by atoms with van der Waals surface area (Å²) in [6, 6.07) is 1.09. The lowest BCUT2D eigenvalue weighted by Gasteiger charge is -2.23. The maximum absolute atomic E-state index is 11.8. The number of nitrogens with one attached hydrogen (secondary N) is 1. The molecular weight excluding hydrogens is 272 g/mol. The van der Waals surface area contributed by atoms with Gasteiger partial charge in [0, 0.05) is 19.4 Å². The van der Waals surface area contributed by atoms with Crippen LogP contribution in [0.4, 0.5) is 0 Å². The number of aromatic nitrogens is 2. The first-order valence-corrected chi connectivity index (χ1v) is 5.96. The van der Waals surface area contributed by atoms with Crippen molar-refractivity contribution in [2.45, 2.75) is 29.6 Å². The molecule has 0 radical (unpaired) electrons. The molecule has 1 unspecified atom stereocenters. The van der Waals surface area contributed by atoms with E-state index >= 15 is 0 Å². The smallest absolute Gasteiger partial charge is 0.330 e. The molecule has 0 bridgehead atoms. The number of rotatable bonds is 3. The predicted octanol–water partition coefficient (Wildman–Crippen LogP) is -3.08. The van der Waals surface area contributed by atoms with Gasteiger partial charge in [0.1, 0.15) is 12.2 Å². The Morgan fingerprint density at radius 3 is 2.70 bits per heavy atom. The second-order valence-corrected chi connectivity index (χ2v) is 4.94. The lowest BCUT2D eigenvalue weighted by Crippen LogP contribution is -2.39. The van der Waals surface area contributed by atoms with E-state index in [1.807, 2.05) is 4.98 Å². The number of ether oxygens (including phenoxy) is 2. The van der Waals surface area contributed by atoms with Crippen LogP contribution in [-0.2, 0) is 9.47 Å². The van der Waals surface area contributed by atoms with E-state index in [1.165, 1.54) is 7.11 Å². The SMILES string of the molecule is COC1[C@@]2(O)[C@H](n3ccc(=O)[nH]c3=O)O[C@H](CO)[C@@]12O. The van der Waals surface area contributed by atoms with Gasteiger partial charge in [-0.3, -0.25) is 14.3 Å². The number of methoxy groups -OCH3 is 1. The van der Waals surface area contributed by atoms with Gasteiger partial charge in [-0.1, -0.05) is 0 Å². The topological polar surface area (TPSA) is 134 Å². The van der Waals surface area contributed by atoms with Crippen LogP contribution in [0.25, 0.3) is 0 Å². The lowest BCUT2D eigenvalue weighted by atomic mass is 10.1. The summed E-state index contributed by atoms with van der Waals surface area (Å²) in [6.07, 6.45) is -2.21. The molecule has 110 valence electrons. The highest BCUT2D eigenvalue weighted by molar-refractivity contribution is 5.36. The molecule has 4 N–H and O–H groups in total. The van der Waals surface area contributed by atoms with E-state index in [4.69, 9.17) is 9.47 Å². The van der Waals surface area contributed by atoms with Gasteiger partial charge in [-0.25, -0.2) is 4.79 Å². The maximum atomic E-state index is 11.8. The van der Waals surface area contributed by atoms with Gasteiger partial charge in [-0.2, -0.15) is 0 Å². The van der Waals surface area contributed by atoms with E-state index in [0.29, 0.717) is 0 Å². The van der Waals surface area contributed by atoms with Gasteiger partial charge in [0.05, 0.1) is 6.61 Å². The van der Waals surface area contributed by atoms with Crippen LogP contribution in [0, 0.1) is 0 Å². The summed E-state index contributed by atoms with van der Waals surface area (Å²) in [4.78, 5) is 24.8. The molecule has 1 aliphatic carbocycles. The van der Waals surface area contributed by atoms with Crippen molar-refractivity contribution in [3.8, 4) is 0 Å². The van der Waals surface area contributed by atoms with E-state index in [-0.39, 0.29) is 0 Å². The van der Waals surface area contributed by atoms with Crippen LogP contribution < -0.4 is 11.2 Å². The molecule has 2 aliphatic rings. The Bertz CT molecular complexity index is 647. The first-order valence-electron chi connectivity index (χ1n) is 5.96. The van der Waals surface area contributed by atoms with Crippen LogP contribution >= 0.6 is 0 Å². The van der Waals surface area contributed by atoms with E-state index < -0.39 is 47.5 Å². The minimum Gasteiger partial charge on any atom is -0.394 e. The van der Waals surface area contributed by atoms with E-state index in [2.05, 4.69) is 0 Å². The second-order valence-electron chi connectivity index (χ2n) is 4.94. The van der Waals surface area contributed by atoms with E-state index in [1.54, 1.807) is 0 Å². The monoisotopic (exact) mass is 286 g/mol. The largest absolute Gasteiger partial charge is 0.394 e. The van der Waals surface area contributed by atoms with Crippen molar-refractivity contribution in [2.75, 3.05) is 13.7 Å². The van der Waals surface area contributed by atoms with Crippen molar-refractivity contribution < 1.29 is 24.8 Å². The van der Waals surface area contributed by atoms with E-state index in [0.717, 1.165) is 16.8 Å². The van der Waals surface area contributed by atoms with Crippen LogP contribution in [-0.4, -0.2) is 62.0 Å². The summed E-state index contributed by atoms with van der Waals surface area (Å²) < 4.78 is 11.3. The normalized spacial score (nSPS) is 42.5. The highest BCUT2D eigenvalue weighted by Crippen LogP contribution is 2.64. The van der Waals surface area contributed by atoms with Crippen molar-refractivity contribution in [2.24, 2.45) is 0 Å². The van der Waals surface area contributed by atoms with Gasteiger partial charge in [0.2, 0.25) is 0 Å². The Balaban J connectivity index is 2.08. The number of hydrogen-bond acceptors (Lipinski definition) is 7. The summed E-state index contributed by atoms with van der Waals surface area (Å²) in [6.45, 7) is -0.548. The Morgan fingerprint density at radius 1 is 1.45 bits per heavy atom. The van der Waals surface area contributed by atoms with Gasteiger partial charge < -0.3 is 24.8 Å². The minimum atomic E-state index is -1.86. The molecule has 2 fully saturated rings. The third-order valence-corrected chi connectivity index (χ3v) is 4.02. The first-order chi connectivity index (χ1) is 9.41. The maximum Gasteiger partial charge on any atom is 0.330 e. The van der Waals surface area contributed by atoms with Gasteiger partial charge in [0.25, 0.3) is 5.56 Å². The van der Waals surface area contributed by atoms with Gasteiger partial charge in [-0.15, -0.1) is 0 Å². The Hall–Kier alpha value is -1.52. The fourth-order valence-corrected chi connectivity index (χ4v) is 3.00. The molecular formula is C11H14N2O7. The summed E-state index contributed by atoms with van der Waals surface area (Å²) in [5.41, 5.74) is -5.04. The van der Waals surface area contributed by atoms with Crippen LogP contribution in [0.2, 0.25) is 0 Å². The standard InChI is InChI=1S/C11H14N2O7/c1-19-7-10(17)5(4-14)20-8(11(7,10)18)13-3-2-6(15)12-9(13)16/h2-3,5,7-8,14,17-18H,4H2,1H3,(H,12,15,16)/t5-,7?,8-,10-,11-/m1/s1. The highest BCUT2D eigenvalue weighted by atomic mass is 16.6. The Kier molecular flexibility index (Phi) is 2.69. The third-order valence-electron chi connectivity index (χ3n) is 4.02. The zero-order valence-electron chi connectivity index (χ0n) is 10.5. The molecule has 5 atom stereocenters. The zero-order valence-corrected chi connectivity index (χ0v) is 10.5. The summed E-state index contributed by atoms with van der Waals surface area (Å²) >= 11 is 0. The van der Waals surface area contributed by atoms with Crippen LogP contribution in [0.15, 0.2) is 21.9 Å². The van der Waals surface area contributed by atoms with E-state index in [9.17, 15) is 24.9 Å². The van der Waals surface area contributed by atoms with Crippen LogP contribution in [0.5, 0.6) is 0 Å². The second kappa shape index (κ2) is 3.99. The fraction of sp³-hybridized carbons (Fsp3) is 0.636. The van der Waals surface area contributed by atoms with Gasteiger partial charge >= 0.3 is 5.69 Å². The first kappa shape index (κ1) is 13.5. The Labute approximate surface area is 112 Å². The molecule has 9 nitrogen and oxygen atoms in total. The minimum absolute atomic E-state index is 0.548. The van der Waals surface area contributed by atoms with Crippen molar-refractivity contribution in [1.29, 1.82) is 0 Å². The zero-order chi connectivity index (χ0) is 14.7. The molecule has 9 heteroatoms. The molecule has 1 aliphatic heterocycles. The molecule has 1 saturated carbocycles. The third kappa shape index (κ3) is 1.33. The number of aliphatic hydroxyl groups is 3.